The molecule has 0 amide bonds. The van der Waals surface area contributed by atoms with Crippen LogP contribution in [0.15, 0.2) is 52.9 Å². The Bertz CT molecular complexity index is 752. The van der Waals surface area contributed by atoms with Crippen LogP contribution in [0, 0.1) is 6.92 Å². The lowest BCUT2D eigenvalue weighted by Gasteiger charge is -2.01. The average molecular weight is 250 g/mol. The molecule has 0 radical (unpaired) electrons. The summed E-state index contributed by atoms with van der Waals surface area (Å²) in [6.45, 7) is 3.46. The molecule has 1 heterocycles. The lowest BCUT2D eigenvalue weighted by atomic mass is 10.0. The fourth-order valence-electron chi connectivity index (χ4n) is 2.37. The van der Waals surface area contributed by atoms with Crippen LogP contribution in [-0.4, -0.2) is 5.78 Å². The Hall–Kier alpha value is -2.35. The zero-order valence-electron chi connectivity index (χ0n) is 10.9. The molecule has 2 nitrogen and oxygen atoms in total. The molecule has 0 saturated heterocycles. The molecule has 0 N–H and O–H groups in total. The topological polar surface area (TPSA) is 30.2 Å². The Balaban J connectivity index is 2.21. The summed E-state index contributed by atoms with van der Waals surface area (Å²) in [5.41, 5.74) is 3.98. The summed E-state index contributed by atoms with van der Waals surface area (Å²) >= 11 is 0. The number of hydrogen-bond donors (Lipinski definition) is 0. The highest BCUT2D eigenvalue weighted by Gasteiger charge is 2.14. The summed E-state index contributed by atoms with van der Waals surface area (Å²) in [6, 6.07) is 16.2. The Morgan fingerprint density at radius 2 is 1.74 bits per heavy atom. The van der Waals surface area contributed by atoms with E-state index in [0.29, 0.717) is 5.76 Å². The monoisotopic (exact) mass is 250 g/mol. The number of fused-ring (bicyclic) bond motifs is 1. The molecule has 1 aromatic heterocycles. The van der Waals surface area contributed by atoms with Gasteiger partial charge in [-0.05, 0) is 30.2 Å². The van der Waals surface area contributed by atoms with Crippen molar-refractivity contribution in [3.05, 3.63) is 59.9 Å². The molecule has 0 aliphatic rings. The maximum Gasteiger partial charge on any atom is 0.195 e. The summed E-state index contributed by atoms with van der Waals surface area (Å²) < 4.78 is 5.60. The van der Waals surface area contributed by atoms with Crippen molar-refractivity contribution in [2.24, 2.45) is 0 Å². The summed E-state index contributed by atoms with van der Waals surface area (Å²) in [5.74, 6) is 0.426. The minimum Gasteiger partial charge on any atom is -0.453 e. The van der Waals surface area contributed by atoms with Crippen LogP contribution in [0.5, 0.6) is 0 Å². The molecule has 2 heteroatoms. The van der Waals surface area contributed by atoms with Crippen LogP contribution in [0.1, 0.15) is 23.0 Å². The summed E-state index contributed by atoms with van der Waals surface area (Å²) in [7, 11) is 0. The van der Waals surface area contributed by atoms with Crippen molar-refractivity contribution in [3.63, 3.8) is 0 Å². The maximum atomic E-state index is 11.5. The zero-order valence-corrected chi connectivity index (χ0v) is 10.9. The van der Waals surface area contributed by atoms with Crippen molar-refractivity contribution in [2.75, 3.05) is 0 Å². The van der Waals surface area contributed by atoms with Gasteiger partial charge in [0.25, 0.3) is 0 Å². The summed E-state index contributed by atoms with van der Waals surface area (Å²) in [5, 5.41) is 1.01. The molecule has 3 aromatic rings. The molecule has 94 valence electrons. The number of ketones is 1. The van der Waals surface area contributed by atoms with E-state index in [2.05, 4.69) is 18.2 Å². The predicted molar refractivity (Wildman–Crippen MR) is 76.4 cm³/mol. The lowest BCUT2D eigenvalue weighted by molar-refractivity contribution is 0.0988. The van der Waals surface area contributed by atoms with E-state index in [9.17, 15) is 4.79 Å². The van der Waals surface area contributed by atoms with Gasteiger partial charge in [-0.25, -0.2) is 0 Å². The highest BCUT2D eigenvalue weighted by molar-refractivity contribution is 5.99. The Morgan fingerprint density at radius 3 is 2.42 bits per heavy atom. The molecule has 0 unspecified atom stereocenters. The number of rotatable bonds is 2. The average Bonchev–Trinajstić information content (AvgIpc) is 2.77. The van der Waals surface area contributed by atoms with Crippen molar-refractivity contribution in [3.8, 4) is 11.1 Å². The highest BCUT2D eigenvalue weighted by atomic mass is 16.3. The number of aryl methyl sites for hydroxylation is 1. The quantitative estimate of drug-likeness (QED) is 0.622. The Labute approximate surface area is 111 Å². The normalized spacial score (nSPS) is 10.8. The SMILES string of the molecule is CC(=O)c1oc2ccc(-c3ccccc3)cc2c1C. The van der Waals surface area contributed by atoms with Gasteiger partial charge >= 0.3 is 0 Å². The number of benzene rings is 2. The van der Waals surface area contributed by atoms with Crippen molar-refractivity contribution in [1.82, 2.24) is 0 Å². The maximum absolute atomic E-state index is 11.5. The van der Waals surface area contributed by atoms with E-state index in [0.717, 1.165) is 27.7 Å². The van der Waals surface area contributed by atoms with Crippen molar-refractivity contribution < 1.29 is 9.21 Å². The Kier molecular flexibility index (Phi) is 2.71. The van der Waals surface area contributed by atoms with Gasteiger partial charge in [-0.2, -0.15) is 0 Å². The number of furan rings is 1. The molecule has 19 heavy (non-hydrogen) atoms. The van der Waals surface area contributed by atoms with Gasteiger partial charge < -0.3 is 4.42 Å². The van der Waals surface area contributed by atoms with E-state index >= 15 is 0 Å². The third-order valence-electron chi connectivity index (χ3n) is 3.36. The minimum atomic E-state index is -0.0324. The number of hydrogen-bond acceptors (Lipinski definition) is 2. The second kappa shape index (κ2) is 4.39. The molecule has 0 saturated carbocycles. The van der Waals surface area contributed by atoms with Crippen LogP contribution in [-0.2, 0) is 0 Å². The van der Waals surface area contributed by atoms with Crippen LogP contribution >= 0.6 is 0 Å². The molecule has 0 atom stereocenters. The van der Waals surface area contributed by atoms with Crippen LogP contribution in [0.4, 0.5) is 0 Å². The smallest absolute Gasteiger partial charge is 0.195 e. The molecule has 0 fully saturated rings. The molecule has 0 spiro atoms. The van der Waals surface area contributed by atoms with Gasteiger partial charge in [0, 0.05) is 17.9 Å². The van der Waals surface area contributed by atoms with Gasteiger partial charge in [0.2, 0.25) is 0 Å². The van der Waals surface area contributed by atoms with Gasteiger partial charge in [-0.1, -0.05) is 36.4 Å². The fourth-order valence-corrected chi connectivity index (χ4v) is 2.37. The molecular weight excluding hydrogens is 236 g/mol. The van der Waals surface area contributed by atoms with Crippen molar-refractivity contribution in [1.29, 1.82) is 0 Å². The zero-order chi connectivity index (χ0) is 13.4. The first kappa shape index (κ1) is 11.7. The molecule has 2 aromatic carbocycles. The molecule has 3 rings (SSSR count). The summed E-state index contributed by atoms with van der Waals surface area (Å²) in [4.78, 5) is 11.5. The van der Waals surface area contributed by atoms with E-state index < -0.39 is 0 Å². The predicted octanol–water partition coefficient (Wildman–Crippen LogP) is 4.61. The largest absolute Gasteiger partial charge is 0.453 e. The molecule has 0 aliphatic carbocycles. The molecular formula is C17H14O2. The van der Waals surface area contributed by atoms with Crippen LogP contribution in [0.25, 0.3) is 22.1 Å². The second-order valence-corrected chi connectivity index (χ2v) is 4.69. The van der Waals surface area contributed by atoms with E-state index in [4.69, 9.17) is 4.42 Å². The number of carbonyl (C=O) groups is 1. The first-order valence-corrected chi connectivity index (χ1v) is 6.26. The highest BCUT2D eigenvalue weighted by Crippen LogP contribution is 2.30. The van der Waals surface area contributed by atoms with Crippen LogP contribution in [0.2, 0.25) is 0 Å². The number of carbonyl (C=O) groups excluding carboxylic acids is 1. The van der Waals surface area contributed by atoms with Crippen LogP contribution in [0.3, 0.4) is 0 Å². The molecule has 0 aliphatic heterocycles. The van der Waals surface area contributed by atoms with Gasteiger partial charge in [0.1, 0.15) is 5.58 Å². The van der Waals surface area contributed by atoms with Gasteiger partial charge in [0.05, 0.1) is 0 Å². The molecule has 0 bridgehead atoms. The van der Waals surface area contributed by atoms with Crippen molar-refractivity contribution >= 4 is 16.8 Å². The van der Waals surface area contributed by atoms with Gasteiger partial charge in [-0.15, -0.1) is 0 Å². The van der Waals surface area contributed by atoms with Crippen LogP contribution < -0.4 is 0 Å². The number of Topliss-reactive ketones (excluding diaryl/α,β-unsaturated/α-hetero) is 1. The second-order valence-electron chi connectivity index (χ2n) is 4.69. The van der Waals surface area contributed by atoms with E-state index in [1.165, 1.54) is 6.92 Å². The Morgan fingerprint density at radius 1 is 1.00 bits per heavy atom. The van der Waals surface area contributed by atoms with Gasteiger partial charge in [0.15, 0.2) is 11.5 Å². The van der Waals surface area contributed by atoms with E-state index in [1.807, 2.05) is 37.3 Å². The fraction of sp³-hybridized carbons (Fsp3) is 0.118. The third kappa shape index (κ3) is 1.95. The summed E-state index contributed by atoms with van der Waals surface area (Å²) in [6.07, 6.45) is 0. The van der Waals surface area contributed by atoms with Gasteiger partial charge in [-0.3, -0.25) is 4.79 Å². The third-order valence-corrected chi connectivity index (χ3v) is 3.36. The van der Waals surface area contributed by atoms with E-state index in [1.54, 1.807) is 0 Å². The standard InChI is InChI=1S/C17H14O2/c1-11-15-10-14(13-6-4-3-5-7-13)8-9-16(15)19-17(11)12(2)18/h3-10H,1-2H3. The minimum absolute atomic E-state index is 0.0324. The first-order valence-electron chi connectivity index (χ1n) is 6.26. The lowest BCUT2D eigenvalue weighted by Crippen LogP contribution is -1.90. The van der Waals surface area contributed by atoms with E-state index in [-0.39, 0.29) is 5.78 Å². The van der Waals surface area contributed by atoms with Crippen molar-refractivity contribution in [2.45, 2.75) is 13.8 Å². The first-order chi connectivity index (χ1) is 9.16.